The third-order valence-corrected chi connectivity index (χ3v) is 2.19. The summed E-state index contributed by atoms with van der Waals surface area (Å²) in [5.74, 6) is 0.833. The molecule has 1 N–H and O–H groups in total. The quantitative estimate of drug-likeness (QED) is 0.809. The van der Waals surface area contributed by atoms with Gasteiger partial charge in [-0.3, -0.25) is 9.55 Å². The van der Waals surface area contributed by atoms with E-state index in [9.17, 15) is 0 Å². The molecular weight excluding hydrogens is 188 g/mol. The van der Waals surface area contributed by atoms with Gasteiger partial charge in [0, 0.05) is 19.4 Å². The SMILES string of the molecule is CNc1nc(C)cn1-c1cncc(C)c1. The zero-order valence-electron chi connectivity index (χ0n) is 9.15. The maximum Gasteiger partial charge on any atom is 0.207 e. The first-order valence-corrected chi connectivity index (χ1v) is 4.86. The third-order valence-electron chi connectivity index (χ3n) is 2.19. The van der Waals surface area contributed by atoms with Gasteiger partial charge in [-0.2, -0.15) is 0 Å². The Morgan fingerprint density at radius 1 is 1.27 bits per heavy atom. The summed E-state index contributed by atoms with van der Waals surface area (Å²) in [6.07, 6.45) is 5.66. The van der Waals surface area contributed by atoms with E-state index in [-0.39, 0.29) is 0 Å². The first-order chi connectivity index (χ1) is 7.20. The minimum Gasteiger partial charge on any atom is -0.358 e. The average Bonchev–Trinajstić information content (AvgIpc) is 2.59. The Labute approximate surface area is 89.0 Å². The third kappa shape index (κ3) is 1.83. The molecule has 2 heterocycles. The van der Waals surface area contributed by atoms with Gasteiger partial charge in [-0.1, -0.05) is 0 Å². The molecule has 0 unspecified atom stereocenters. The molecule has 0 bridgehead atoms. The topological polar surface area (TPSA) is 42.7 Å². The van der Waals surface area contributed by atoms with Crippen molar-refractivity contribution in [3.63, 3.8) is 0 Å². The Hall–Kier alpha value is -1.84. The molecule has 0 saturated heterocycles. The summed E-state index contributed by atoms with van der Waals surface area (Å²) in [7, 11) is 1.86. The maximum atomic E-state index is 4.36. The molecule has 0 aliphatic carbocycles. The van der Waals surface area contributed by atoms with Crippen LogP contribution in [0.4, 0.5) is 5.95 Å². The Kier molecular flexibility index (Phi) is 2.41. The number of nitrogens with zero attached hydrogens (tertiary/aromatic N) is 3. The van der Waals surface area contributed by atoms with Crippen LogP contribution < -0.4 is 5.32 Å². The van der Waals surface area contributed by atoms with E-state index in [1.165, 1.54) is 0 Å². The summed E-state index contributed by atoms with van der Waals surface area (Å²) in [6, 6.07) is 2.08. The van der Waals surface area contributed by atoms with Crippen LogP contribution in [0.15, 0.2) is 24.7 Å². The second-order valence-electron chi connectivity index (χ2n) is 3.55. The van der Waals surface area contributed by atoms with E-state index in [0.29, 0.717) is 0 Å². The highest BCUT2D eigenvalue weighted by molar-refractivity contribution is 5.42. The first kappa shape index (κ1) is 9.71. The number of rotatable bonds is 2. The zero-order chi connectivity index (χ0) is 10.8. The van der Waals surface area contributed by atoms with Gasteiger partial charge in [0.05, 0.1) is 17.6 Å². The largest absolute Gasteiger partial charge is 0.358 e. The van der Waals surface area contributed by atoms with Gasteiger partial charge in [-0.25, -0.2) is 4.98 Å². The summed E-state index contributed by atoms with van der Waals surface area (Å²) in [4.78, 5) is 8.53. The molecule has 0 fully saturated rings. The Balaban J connectivity index is 2.53. The fourth-order valence-electron chi connectivity index (χ4n) is 1.54. The number of hydrogen-bond donors (Lipinski definition) is 1. The second-order valence-corrected chi connectivity index (χ2v) is 3.55. The molecule has 2 aromatic rings. The van der Waals surface area contributed by atoms with Crippen LogP contribution in [-0.4, -0.2) is 21.6 Å². The lowest BCUT2D eigenvalue weighted by Gasteiger charge is -2.06. The monoisotopic (exact) mass is 202 g/mol. The summed E-state index contributed by atoms with van der Waals surface area (Å²) in [6.45, 7) is 4.00. The van der Waals surface area contributed by atoms with Crippen molar-refractivity contribution < 1.29 is 0 Å². The summed E-state index contributed by atoms with van der Waals surface area (Å²) >= 11 is 0. The summed E-state index contributed by atoms with van der Waals surface area (Å²) in [5, 5.41) is 3.06. The lowest BCUT2D eigenvalue weighted by molar-refractivity contribution is 1.03. The van der Waals surface area contributed by atoms with Crippen molar-refractivity contribution >= 4 is 5.95 Å². The van der Waals surface area contributed by atoms with E-state index in [2.05, 4.69) is 21.4 Å². The maximum absolute atomic E-state index is 4.36. The van der Waals surface area contributed by atoms with Gasteiger partial charge in [-0.15, -0.1) is 0 Å². The van der Waals surface area contributed by atoms with Gasteiger partial charge >= 0.3 is 0 Å². The van der Waals surface area contributed by atoms with E-state index in [1.54, 1.807) is 0 Å². The Morgan fingerprint density at radius 3 is 2.73 bits per heavy atom. The first-order valence-electron chi connectivity index (χ1n) is 4.86. The molecule has 0 amide bonds. The van der Waals surface area contributed by atoms with Gasteiger partial charge in [0.25, 0.3) is 0 Å². The molecule has 2 aromatic heterocycles. The smallest absolute Gasteiger partial charge is 0.207 e. The summed E-state index contributed by atoms with van der Waals surface area (Å²) < 4.78 is 2.00. The summed E-state index contributed by atoms with van der Waals surface area (Å²) in [5.41, 5.74) is 3.15. The van der Waals surface area contributed by atoms with Crippen molar-refractivity contribution in [3.8, 4) is 5.69 Å². The van der Waals surface area contributed by atoms with Gasteiger partial charge in [0.2, 0.25) is 5.95 Å². The fourth-order valence-corrected chi connectivity index (χ4v) is 1.54. The number of nitrogens with one attached hydrogen (secondary N) is 1. The fraction of sp³-hybridized carbons (Fsp3) is 0.273. The highest BCUT2D eigenvalue weighted by Crippen LogP contribution is 2.15. The average molecular weight is 202 g/mol. The van der Waals surface area contributed by atoms with E-state index in [4.69, 9.17) is 0 Å². The van der Waals surface area contributed by atoms with Crippen LogP contribution in [0.2, 0.25) is 0 Å². The minimum absolute atomic E-state index is 0.833. The zero-order valence-corrected chi connectivity index (χ0v) is 9.15. The predicted octanol–water partition coefficient (Wildman–Crippen LogP) is 1.93. The molecule has 0 aromatic carbocycles. The highest BCUT2D eigenvalue weighted by Gasteiger charge is 2.05. The molecule has 4 nitrogen and oxygen atoms in total. The van der Waals surface area contributed by atoms with Gasteiger partial charge in [-0.05, 0) is 25.5 Å². The Morgan fingerprint density at radius 2 is 2.07 bits per heavy atom. The van der Waals surface area contributed by atoms with Crippen LogP contribution in [0.1, 0.15) is 11.3 Å². The number of imidazole rings is 1. The molecule has 2 rings (SSSR count). The van der Waals surface area contributed by atoms with E-state index in [0.717, 1.165) is 22.9 Å². The number of anilines is 1. The van der Waals surface area contributed by atoms with Crippen molar-refractivity contribution in [2.24, 2.45) is 0 Å². The minimum atomic E-state index is 0.833. The molecule has 0 spiro atoms. The molecule has 15 heavy (non-hydrogen) atoms. The number of hydrogen-bond acceptors (Lipinski definition) is 3. The second kappa shape index (κ2) is 3.73. The van der Waals surface area contributed by atoms with Crippen LogP contribution in [0.5, 0.6) is 0 Å². The van der Waals surface area contributed by atoms with Crippen LogP contribution in [0.25, 0.3) is 5.69 Å². The van der Waals surface area contributed by atoms with Crippen LogP contribution in [0, 0.1) is 13.8 Å². The molecule has 78 valence electrons. The van der Waals surface area contributed by atoms with Crippen molar-refractivity contribution in [1.82, 2.24) is 14.5 Å². The van der Waals surface area contributed by atoms with Crippen LogP contribution in [0.3, 0.4) is 0 Å². The molecular formula is C11H14N4. The van der Waals surface area contributed by atoms with Crippen LogP contribution >= 0.6 is 0 Å². The lowest BCUT2D eigenvalue weighted by atomic mass is 10.3. The van der Waals surface area contributed by atoms with Gasteiger partial charge in [0.1, 0.15) is 0 Å². The van der Waals surface area contributed by atoms with Crippen molar-refractivity contribution in [3.05, 3.63) is 35.9 Å². The number of pyridine rings is 1. The molecule has 0 aliphatic rings. The number of aromatic nitrogens is 3. The molecule has 0 radical (unpaired) electrons. The highest BCUT2D eigenvalue weighted by atomic mass is 15.2. The lowest BCUT2D eigenvalue weighted by Crippen LogP contribution is -2.01. The number of aryl methyl sites for hydroxylation is 2. The van der Waals surface area contributed by atoms with Gasteiger partial charge < -0.3 is 5.32 Å². The molecule has 0 saturated carbocycles. The van der Waals surface area contributed by atoms with Crippen LogP contribution in [-0.2, 0) is 0 Å². The van der Waals surface area contributed by atoms with Crippen molar-refractivity contribution in [1.29, 1.82) is 0 Å². The molecule has 0 aliphatic heterocycles. The van der Waals surface area contributed by atoms with Crippen molar-refractivity contribution in [2.45, 2.75) is 13.8 Å². The molecule has 4 heteroatoms. The Bertz CT molecular complexity index is 473. The predicted molar refractivity (Wildman–Crippen MR) is 60.4 cm³/mol. The van der Waals surface area contributed by atoms with E-state index in [1.807, 2.05) is 44.1 Å². The van der Waals surface area contributed by atoms with Crippen molar-refractivity contribution in [2.75, 3.05) is 12.4 Å². The standard InChI is InChI=1S/C11H14N4/c1-8-4-10(6-13-5-8)15-7-9(2)14-11(15)12-3/h4-7H,1-3H3,(H,12,14). The van der Waals surface area contributed by atoms with E-state index >= 15 is 0 Å². The molecule has 0 atom stereocenters. The van der Waals surface area contributed by atoms with Gasteiger partial charge in [0.15, 0.2) is 0 Å². The van der Waals surface area contributed by atoms with E-state index < -0.39 is 0 Å². The normalized spacial score (nSPS) is 10.3.